The largest absolute Gasteiger partial charge is 0.492 e. The van der Waals surface area contributed by atoms with Crippen LogP contribution in [0.4, 0.5) is 0 Å². The fourth-order valence-corrected chi connectivity index (χ4v) is 2.86. The Morgan fingerprint density at radius 2 is 1.90 bits per heavy atom. The number of hydrogen-bond donors (Lipinski definition) is 1. The van der Waals surface area contributed by atoms with Gasteiger partial charge >= 0.3 is 0 Å². The van der Waals surface area contributed by atoms with Crippen molar-refractivity contribution in [3.05, 3.63) is 29.8 Å². The van der Waals surface area contributed by atoms with Gasteiger partial charge in [-0.1, -0.05) is 31.5 Å². The highest BCUT2D eigenvalue weighted by Gasteiger charge is 2.17. The molecule has 0 aliphatic heterocycles. The van der Waals surface area contributed by atoms with E-state index in [1.165, 1.54) is 32.1 Å². The number of ether oxygens (including phenoxy) is 1. The van der Waals surface area contributed by atoms with Crippen molar-refractivity contribution < 1.29 is 4.74 Å². The van der Waals surface area contributed by atoms with Crippen LogP contribution in [0.25, 0.3) is 0 Å². The molecule has 0 radical (unpaired) electrons. The highest BCUT2D eigenvalue weighted by Crippen LogP contribution is 2.21. The summed E-state index contributed by atoms with van der Waals surface area (Å²) >= 11 is 4.93. The lowest BCUT2D eigenvalue weighted by molar-refractivity contribution is 0.160. The summed E-state index contributed by atoms with van der Waals surface area (Å²) in [6, 6.07) is 8.40. The van der Waals surface area contributed by atoms with Gasteiger partial charge in [0.15, 0.2) is 0 Å². The Bertz CT molecular complexity index is 427. The molecule has 1 aromatic rings. The van der Waals surface area contributed by atoms with Crippen molar-refractivity contribution >= 4 is 17.2 Å². The van der Waals surface area contributed by atoms with Crippen molar-refractivity contribution in [2.45, 2.75) is 38.1 Å². The van der Waals surface area contributed by atoms with Crippen LogP contribution in [-0.4, -0.2) is 36.1 Å². The topological polar surface area (TPSA) is 38.5 Å². The summed E-state index contributed by atoms with van der Waals surface area (Å²) in [5.74, 6) is 0.877. The van der Waals surface area contributed by atoms with Crippen molar-refractivity contribution in [2.24, 2.45) is 5.73 Å². The minimum atomic E-state index is 0.425. The predicted molar refractivity (Wildman–Crippen MR) is 87.3 cm³/mol. The van der Waals surface area contributed by atoms with Crippen LogP contribution < -0.4 is 10.5 Å². The van der Waals surface area contributed by atoms with Crippen LogP contribution in [-0.2, 0) is 0 Å². The molecule has 0 spiro atoms. The number of benzene rings is 1. The SMILES string of the molecule is CN(CCOc1ccc(C(N)=S)cc1)C1CCCCC1. The fraction of sp³-hybridized carbons (Fsp3) is 0.562. The molecule has 3 nitrogen and oxygen atoms in total. The summed E-state index contributed by atoms with van der Waals surface area (Å²) < 4.78 is 5.78. The maximum atomic E-state index is 5.78. The normalized spacial score (nSPS) is 16.3. The van der Waals surface area contributed by atoms with Crippen molar-refractivity contribution in [2.75, 3.05) is 20.2 Å². The first kappa shape index (κ1) is 15.3. The van der Waals surface area contributed by atoms with Crippen LogP contribution in [0.3, 0.4) is 0 Å². The van der Waals surface area contributed by atoms with Gasteiger partial charge in [-0.3, -0.25) is 0 Å². The van der Waals surface area contributed by atoms with Gasteiger partial charge in [-0.25, -0.2) is 0 Å². The number of nitrogens with zero attached hydrogens (tertiary/aromatic N) is 1. The van der Waals surface area contributed by atoms with Gasteiger partial charge in [0.25, 0.3) is 0 Å². The lowest BCUT2D eigenvalue weighted by atomic mass is 9.94. The first-order valence-electron chi connectivity index (χ1n) is 7.40. The van der Waals surface area contributed by atoms with Gasteiger partial charge in [0.1, 0.15) is 17.3 Å². The van der Waals surface area contributed by atoms with Crippen LogP contribution in [0.15, 0.2) is 24.3 Å². The first-order chi connectivity index (χ1) is 9.66. The first-order valence-corrected chi connectivity index (χ1v) is 7.80. The molecule has 0 saturated heterocycles. The smallest absolute Gasteiger partial charge is 0.119 e. The molecule has 0 bridgehead atoms. The van der Waals surface area contributed by atoms with E-state index in [4.69, 9.17) is 22.7 Å². The second kappa shape index (κ2) is 7.60. The zero-order valence-electron chi connectivity index (χ0n) is 12.2. The van der Waals surface area contributed by atoms with E-state index in [1.807, 2.05) is 24.3 Å². The van der Waals surface area contributed by atoms with Gasteiger partial charge < -0.3 is 15.4 Å². The third kappa shape index (κ3) is 4.46. The second-order valence-electron chi connectivity index (χ2n) is 5.51. The number of likely N-dealkylation sites (N-methyl/N-ethyl adjacent to an activating group) is 1. The lowest BCUT2D eigenvalue weighted by Crippen LogP contribution is -2.36. The molecule has 0 aromatic heterocycles. The molecule has 110 valence electrons. The Morgan fingerprint density at radius 1 is 1.25 bits per heavy atom. The van der Waals surface area contributed by atoms with Crippen LogP contribution in [0.1, 0.15) is 37.7 Å². The summed E-state index contributed by atoms with van der Waals surface area (Å²) in [6.07, 6.45) is 6.81. The molecule has 1 saturated carbocycles. The Balaban J connectivity index is 1.73. The van der Waals surface area contributed by atoms with Crippen LogP contribution in [0, 0.1) is 0 Å². The Morgan fingerprint density at radius 3 is 2.50 bits per heavy atom. The summed E-state index contributed by atoms with van der Waals surface area (Å²) in [7, 11) is 2.20. The van der Waals surface area contributed by atoms with Gasteiger partial charge in [0.2, 0.25) is 0 Å². The number of rotatable bonds is 6. The molecule has 0 heterocycles. The molecule has 0 amide bonds. The molecule has 20 heavy (non-hydrogen) atoms. The van der Waals surface area contributed by atoms with E-state index < -0.39 is 0 Å². The zero-order chi connectivity index (χ0) is 14.4. The third-order valence-electron chi connectivity index (χ3n) is 4.05. The fourth-order valence-electron chi connectivity index (χ4n) is 2.73. The zero-order valence-corrected chi connectivity index (χ0v) is 13.0. The molecule has 1 fully saturated rings. The molecular formula is C16H24N2OS. The Hall–Kier alpha value is -1.13. The number of thiocarbonyl (C=S) groups is 1. The van der Waals surface area contributed by atoms with Crippen molar-refractivity contribution in [1.82, 2.24) is 4.90 Å². The van der Waals surface area contributed by atoms with Crippen LogP contribution in [0.5, 0.6) is 5.75 Å². The van der Waals surface area contributed by atoms with Gasteiger partial charge in [-0.2, -0.15) is 0 Å². The summed E-state index contributed by atoms with van der Waals surface area (Å²) in [6.45, 7) is 1.70. The van der Waals surface area contributed by atoms with Gasteiger partial charge in [-0.05, 0) is 44.2 Å². The number of nitrogens with two attached hydrogens (primary N) is 1. The van der Waals surface area contributed by atoms with Gasteiger partial charge in [-0.15, -0.1) is 0 Å². The highest BCUT2D eigenvalue weighted by molar-refractivity contribution is 7.80. The predicted octanol–water partition coefficient (Wildman–Crippen LogP) is 2.96. The van der Waals surface area contributed by atoms with Crippen molar-refractivity contribution in [3.63, 3.8) is 0 Å². The second-order valence-corrected chi connectivity index (χ2v) is 5.95. The molecule has 2 rings (SSSR count). The van der Waals surface area contributed by atoms with Gasteiger partial charge in [0.05, 0.1) is 0 Å². The van der Waals surface area contributed by atoms with E-state index in [1.54, 1.807) is 0 Å². The van der Waals surface area contributed by atoms with E-state index >= 15 is 0 Å². The van der Waals surface area contributed by atoms with Gasteiger partial charge in [0, 0.05) is 18.2 Å². The summed E-state index contributed by atoms with van der Waals surface area (Å²) in [4.78, 5) is 2.86. The molecular weight excluding hydrogens is 268 g/mol. The standard InChI is InChI=1S/C16H24N2OS/c1-18(14-5-3-2-4-6-14)11-12-19-15-9-7-13(8-10-15)16(17)20/h7-10,14H,2-6,11-12H2,1H3,(H2,17,20). The molecule has 1 aromatic carbocycles. The average molecular weight is 292 g/mol. The molecule has 1 aliphatic rings. The Kier molecular flexibility index (Phi) is 5.80. The monoisotopic (exact) mass is 292 g/mol. The van der Waals surface area contributed by atoms with Crippen LogP contribution >= 0.6 is 12.2 Å². The average Bonchev–Trinajstić information content (AvgIpc) is 2.48. The van der Waals surface area contributed by atoms with Crippen molar-refractivity contribution in [1.29, 1.82) is 0 Å². The van der Waals surface area contributed by atoms with Crippen molar-refractivity contribution in [3.8, 4) is 5.75 Å². The van der Waals surface area contributed by atoms with E-state index in [2.05, 4.69) is 11.9 Å². The highest BCUT2D eigenvalue weighted by atomic mass is 32.1. The molecule has 4 heteroatoms. The lowest BCUT2D eigenvalue weighted by Gasteiger charge is -2.31. The van der Waals surface area contributed by atoms with E-state index in [-0.39, 0.29) is 0 Å². The minimum absolute atomic E-state index is 0.425. The third-order valence-corrected chi connectivity index (χ3v) is 4.29. The Labute approximate surface area is 127 Å². The molecule has 0 atom stereocenters. The minimum Gasteiger partial charge on any atom is -0.492 e. The molecule has 2 N–H and O–H groups in total. The quantitative estimate of drug-likeness (QED) is 0.818. The maximum Gasteiger partial charge on any atom is 0.119 e. The number of hydrogen-bond acceptors (Lipinski definition) is 3. The molecule has 1 aliphatic carbocycles. The molecule has 0 unspecified atom stereocenters. The van der Waals surface area contributed by atoms with E-state index in [9.17, 15) is 0 Å². The summed E-state index contributed by atoms with van der Waals surface area (Å²) in [5, 5.41) is 0. The maximum absolute atomic E-state index is 5.78. The summed E-state index contributed by atoms with van der Waals surface area (Å²) in [5.41, 5.74) is 6.45. The van der Waals surface area contributed by atoms with E-state index in [0.717, 1.165) is 30.5 Å². The van der Waals surface area contributed by atoms with E-state index in [0.29, 0.717) is 4.99 Å². The van der Waals surface area contributed by atoms with Crippen LogP contribution in [0.2, 0.25) is 0 Å².